The van der Waals surface area contributed by atoms with E-state index in [2.05, 4.69) is 4.98 Å². The number of anilines is 1. The van der Waals surface area contributed by atoms with Crippen molar-refractivity contribution >= 4 is 29.4 Å². The van der Waals surface area contributed by atoms with Crippen LogP contribution in [0.4, 0.5) is 10.6 Å². The van der Waals surface area contributed by atoms with E-state index in [-0.39, 0.29) is 36.1 Å². The van der Waals surface area contributed by atoms with Gasteiger partial charge in [-0.25, -0.2) is 14.5 Å². The van der Waals surface area contributed by atoms with Crippen LogP contribution in [-0.4, -0.2) is 48.3 Å². The highest BCUT2D eigenvalue weighted by Crippen LogP contribution is 2.22. The predicted molar refractivity (Wildman–Crippen MR) is 103 cm³/mol. The van der Waals surface area contributed by atoms with Crippen LogP contribution in [0.1, 0.15) is 36.3 Å². The molecule has 3 amide bonds. The average Bonchev–Trinajstić information content (AvgIpc) is 2.99. The first-order valence-corrected chi connectivity index (χ1v) is 9.57. The number of aliphatic hydroxyl groups is 1. The van der Waals surface area contributed by atoms with Crippen LogP contribution in [0.3, 0.4) is 0 Å². The summed E-state index contributed by atoms with van der Waals surface area (Å²) in [5.74, 6) is 0.0720. The van der Waals surface area contributed by atoms with Crippen molar-refractivity contribution in [1.82, 2.24) is 4.98 Å². The third-order valence-corrected chi connectivity index (χ3v) is 4.79. The number of carbonyl (C=O) groups excluding carboxylic acids is 2. The second kappa shape index (κ2) is 8.30. The lowest BCUT2D eigenvalue weighted by Crippen LogP contribution is -3.19. The molecular formula is C19H25ClN4O4+2. The molecule has 1 unspecified atom stereocenters. The Hall–Kier alpha value is -2.42. The second-order valence-corrected chi connectivity index (χ2v) is 7.44. The molecule has 0 bridgehead atoms. The Morgan fingerprint density at radius 3 is 2.57 bits per heavy atom. The maximum atomic E-state index is 13.2. The van der Waals surface area contributed by atoms with Gasteiger partial charge >= 0.3 is 23.6 Å². The van der Waals surface area contributed by atoms with Crippen molar-refractivity contribution < 1.29 is 28.9 Å². The maximum absolute atomic E-state index is 13.2. The van der Waals surface area contributed by atoms with Crippen molar-refractivity contribution in [3.8, 4) is 6.01 Å². The third-order valence-electron chi connectivity index (χ3n) is 4.54. The minimum atomic E-state index is -0.359. The minimum Gasteiger partial charge on any atom is -0.428 e. The summed E-state index contributed by atoms with van der Waals surface area (Å²) in [4.78, 5) is 30.5. The molecule has 0 spiro atoms. The Morgan fingerprint density at radius 1 is 1.29 bits per heavy atom. The molecule has 0 aliphatic carbocycles. The van der Waals surface area contributed by atoms with E-state index in [4.69, 9.17) is 21.4 Å². The zero-order valence-corrected chi connectivity index (χ0v) is 16.9. The molecule has 1 atom stereocenters. The standard InChI is InChI=1S/C19H23ClN4O4/c1-12(2)28-18-21-16-15(24(18)11-13-5-7-14(20)8-6-13)17(26)23(9-4-10-25)19(27)22(16)3/h5-8,12,25H,4,9-11H2,1-3H3/p+2. The summed E-state index contributed by atoms with van der Waals surface area (Å²) in [7, 11) is 1.62. The summed E-state index contributed by atoms with van der Waals surface area (Å²) in [6, 6.07) is 7.39. The average molecular weight is 409 g/mol. The molecule has 0 radical (unpaired) electrons. The molecule has 9 heteroatoms. The fourth-order valence-corrected chi connectivity index (χ4v) is 3.32. The number of ether oxygens (including phenoxy) is 1. The van der Waals surface area contributed by atoms with Crippen LogP contribution in [0, 0.1) is 0 Å². The number of nitrogens with one attached hydrogen (secondary N) is 2. The Morgan fingerprint density at radius 2 is 1.96 bits per heavy atom. The number of quaternary nitrogens is 1. The first-order chi connectivity index (χ1) is 13.3. The molecule has 1 aliphatic heterocycles. The fourth-order valence-electron chi connectivity index (χ4n) is 3.19. The molecule has 1 aliphatic rings. The molecule has 3 N–H and O–H groups in total. The summed E-state index contributed by atoms with van der Waals surface area (Å²) in [5.41, 5.74) is 1.31. The van der Waals surface area contributed by atoms with Gasteiger partial charge in [-0.1, -0.05) is 23.7 Å². The molecule has 8 nitrogen and oxygen atoms in total. The van der Waals surface area contributed by atoms with Crippen molar-refractivity contribution in [3.05, 3.63) is 40.5 Å². The van der Waals surface area contributed by atoms with Gasteiger partial charge in [0.1, 0.15) is 12.6 Å². The lowest BCUT2D eigenvalue weighted by Gasteiger charge is -2.23. The number of hydrogen-bond donors (Lipinski definition) is 3. The zero-order valence-electron chi connectivity index (χ0n) is 16.2. The Balaban J connectivity index is 2.07. The van der Waals surface area contributed by atoms with Gasteiger partial charge in [-0.2, -0.15) is 14.5 Å². The van der Waals surface area contributed by atoms with E-state index in [0.29, 0.717) is 35.5 Å². The second-order valence-electron chi connectivity index (χ2n) is 7.01. The summed E-state index contributed by atoms with van der Waals surface area (Å²) >= 11 is 5.98. The van der Waals surface area contributed by atoms with E-state index < -0.39 is 0 Å². The van der Waals surface area contributed by atoms with Gasteiger partial charge in [-0.05, 0) is 31.5 Å². The molecule has 2 heterocycles. The number of H-pyrrole nitrogens is 1. The van der Waals surface area contributed by atoms with E-state index in [1.54, 1.807) is 23.7 Å². The van der Waals surface area contributed by atoms with Crippen LogP contribution in [0.5, 0.6) is 6.01 Å². The van der Waals surface area contributed by atoms with Crippen LogP contribution in [0.15, 0.2) is 24.3 Å². The highest BCUT2D eigenvalue weighted by molar-refractivity contribution is 6.30. The van der Waals surface area contributed by atoms with Gasteiger partial charge in [0.15, 0.2) is 0 Å². The quantitative estimate of drug-likeness (QED) is 0.590. The monoisotopic (exact) mass is 408 g/mol. The van der Waals surface area contributed by atoms with Crippen molar-refractivity contribution in [1.29, 1.82) is 0 Å². The topological polar surface area (TPSA) is 91.0 Å². The first-order valence-electron chi connectivity index (χ1n) is 9.19. The Labute approximate surface area is 168 Å². The first kappa shape index (κ1) is 20.3. The largest absolute Gasteiger partial charge is 0.456 e. The number of imidazole rings is 1. The van der Waals surface area contributed by atoms with Gasteiger partial charge in [0.2, 0.25) is 0 Å². The summed E-state index contributed by atoms with van der Waals surface area (Å²) in [6.07, 6.45) is 0.234. The molecule has 1 aromatic heterocycles. The molecule has 0 saturated carbocycles. The highest BCUT2D eigenvalue weighted by atomic mass is 35.5. The highest BCUT2D eigenvalue weighted by Gasteiger charge is 2.49. The molecule has 3 rings (SSSR count). The van der Waals surface area contributed by atoms with Crippen LogP contribution in [0.25, 0.3) is 0 Å². The third kappa shape index (κ3) is 3.89. The molecular weight excluding hydrogens is 384 g/mol. The van der Waals surface area contributed by atoms with Crippen molar-refractivity contribution in [3.63, 3.8) is 0 Å². The number of carbonyl (C=O) groups is 2. The Bertz CT molecular complexity index is 879. The van der Waals surface area contributed by atoms with E-state index >= 15 is 0 Å². The number of nitrogens with zero attached hydrogens (tertiary/aromatic N) is 2. The van der Waals surface area contributed by atoms with Crippen LogP contribution < -0.4 is 19.1 Å². The molecule has 0 saturated heterocycles. The number of rotatable bonds is 7. The number of fused-ring (bicyclic) bond motifs is 1. The summed E-state index contributed by atoms with van der Waals surface area (Å²) in [5, 5.41) is 9.74. The van der Waals surface area contributed by atoms with Gasteiger partial charge in [0, 0.05) is 25.1 Å². The van der Waals surface area contributed by atoms with E-state index in [1.165, 1.54) is 4.90 Å². The summed E-state index contributed by atoms with van der Waals surface area (Å²) < 4.78 is 7.64. The number of hydrogen-bond acceptors (Lipinski definition) is 4. The molecule has 28 heavy (non-hydrogen) atoms. The fraction of sp³-hybridized carbons (Fsp3) is 0.421. The van der Waals surface area contributed by atoms with Gasteiger partial charge in [0.25, 0.3) is 5.82 Å². The number of benzene rings is 1. The number of aromatic nitrogens is 2. The number of urea groups is 1. The number of imide groups is 1. The lowest BCUT2D eigenvalue weighted by molar-refractivity contribution is -0.745. The summed E-state index contributed by atoms with van der Waals surface area (Å²) in [6.45, 7) is 4.31. The van der Waals surface area contributed by atoms with E-state index in [9.17, 15) is 9.59 Å². The van der Waals surface area contributed by atoms with Gasteiger partial charge in [0.05, 0.1) is 6.54 Å². The maximum Gasteiger partial charge on any atom is 0.456 e. The lowest BCUT2D eigenvalue weighted by atomic mass is 10.2. The number of amides is 3. The van der Waals surface area contributed by atoms with Gasteiger partial charge < -0.3 is 9.84 Å². The zero-order chi connectivity index (χ0) is 20.4. The Kier molecular flexibility index (Phi) is 6.02. The van der Waals surface area contributed by atoms with Crippen LogP contribution in [0.2, 0.25) is 5.02 Å². The number of aliphatic hydroxyl groups excluding tert-OH is 1. The molecule has 2 aromatic rings. The van der Waals surface area contributed by atoms with Gasteiger partial charge in [-0.3, -0.25) is 0 Å². The van der Waals surface area contributed by atoms with E-state index in [1.807, 2.05) is 26.0 Å². The van der Waals surface area contributed by atoms with E-state index in [0.717, 1.165) is 5.56 Å². The minimum absolute atomic E-state index is 0.0831. The van der Waals surface area contributed by atoms with Crippen molar-refractivity contribution in [2.75, 3.05) is 25.1 Å². The normalized spacial score (nSPS) is 16.6. The van der Waals surface area contributed by atoms with Gasteiger partial charge in [-0.15, -0.1) is 0 Å². The van der Waals surface area contributed by atoms with Crippen LogP contribution >= 0.6 is 11.6 Å². The predicted octanol–water partition coefficient (Wildman–Crippen LogP) is 0.768. The molecule has 1 aromatic carbocycles. The van der Waals surface area contributed by atoms with Crippen LogP contribution in [-0.2, 0) is 6.54 Å². The number of halogens is 1. The van der Waals surface area contributed by atoms with Crippen molar-refractivity contribution in [2.24, 2.45) is 0 Å². The molecule has 150 valence electrons. The van der Waals surface area contributed by atoms with Crippen molar-refractivity contribution in [2.45, 2.75) is 32.9 Å². The smallest absolute Gasteiger partial charge is 0.428 e. The molecule has 0 fully saturated rings. The SMILES string of the molecule is CC(C)Oc1[nH]c2c([n+]1Cc1ccc(Cl)cc1)C(=O)[NH+](CCCO)C(=O)N2C. The number of aromatic amines is 1.